The average Bonchev–Trinajstić information content (AvgIpc) is 2.42. The molecule has 118 valence electrons. The van der Waals surface area contributed by atoms with E-state index in [1.807, 2.05) is 32.6 Å². The van der Waals surface area contributed by atoms with Crippen LogP contribution in [0.25, 0.3) is 0 Å². The third-order valence-electron chi connectivity index (χ3n) is 3.26. The minimum atomic E-state index is -0.489. The smallest absolute Gasteiger partial charge is 0.410 e. The van der Waals surface area contributed by atoms with E-state index < -0.39 is 5.60 Å². The molecule has 0 radical (unpaired) electrons. The van der Waals surface area contributed by atoms with E-state index in [0.717, 1.165) is 0 Å². The largest absolute Gasteiger partial charge is 0.444 e. The molecule has 1 fully saturated rings. The van der Waals surface area contributed by atoms with Crippen molar-refractivity contribution in [1.82, 2.24) is 15.1 Å². The van der Waals surface area contributed by atoms with Crippen LogP contribution in [0.15, 0.2) is 0 Å². The maximum Gasteiger partial charge on any atom is 0.410 e. The van der Waals surface area contributed by atoms with Gasteiger partial charge in [0, 0.05) is 26.2 Å². The lowest BCUT2D eigenvalue weighted by atomic mass is 10.2. The topological polar surface area (TPSA) is 61.9 Å². The molecule has 0 aromatic carbocycles. The molecule has 1 aliphatic rings. The summed E-state index contributed by atoms with van der Waals surface area (Å²) in [4.78, 5) is 27.5. The van der Waals surface area contributed by atoms with Crippen LogP contribution in [0.4, 0.5) is 4.79 Å². The SMILES string of the molecule is C#CCNC(=O)C(C)N1CCN(C(=O)OC(C)(C)C)CC1. The second kappa shape index (κ2) is 7.32. The minimum absolute atomic E-state index is 0.0846. The molecule has 0 saturated carbocycles. The van der Waals surface area contributed by atoms with E-state index in [4.69, 9.17) is 11.2 Å². The van der Waals surface area contributed by atoms with Gasteiger partial charge in [0.25, 0.3) is 0 Å². The molecule has 1 N–H and O–H groups in total. The molecule has 1 unspecified atom stereocenters. The fourth-order valence-electron chi connectivity index (χ4n) is 2.07. The first kappa shape index (κ1) is 17.3. The molecular weight excluding hydrogens is 270 g/mol. The zero-order chi connectivity index (χ0) is 16.0. The van der Waals surface area contributed by atoms with Crippen LogP contribution < -0.4 is 5.32 Å². The van der Waals surface area contributed by atoms with Crippen LogP contribution in [0.3, 0.4) is 0 Å². The number of hydrogen-bond acceptors (Lipinski definition) is 4. The molecule has 1 aliphatic heterocycles. The first-order chi connectivity index (χ1) is 9.74. The molecule has 6 heteroatoms. The zero-order valence-electron chi connectivity index (χ0n) is 13.3. The lowest BCUT2D eigenvalue weighted by Crippen LogP contribution is -2.55. The van der Waals surface area contributed by atoms with Crippen molar-refractivity contribution in [1.29, 1.82) is 0 Å². The van der Waals surface area contributed by atoms with Crippen molar-refractivity contribution < 1.29 is 14.3 Å². The lowest BCUT2D eigenvalue weighted by Gasteiger charge is -2.37. The highest BCUT2D eigenvalue weighted by Gasteiger charge is 2.29. The summed E-state index contributed by atoms with van der Waals surface area (Å²) < 4.78 is 5.34. The van der Waals surface area contributed by atoms with Gasteiger partial charge in [0.15, 0.2) is 0 Å². The maximum absolute atomic E-state index is 11.9. The Balaban J connectivity index is 2.43. The average molecular weight is 295 g/mol. The van der Waals surface area contributed by atoms with E-state index >= 15 is 0 Å². The number of carbonyl (C=O) groups is 2. The van der Waals surface area contributed by atoms with Crippen LogP contribution >= 0.6 is 0 Å². The monoisotopic (exact) mass is 295 g/mol. The summed E-state index contributed by atoms with van der Waals surface area (Å²) in [5.41, 5.74) is -0.489. The molecule has 0 spiro atoms. The van der Waals surface area contributed by atoms with Gasteiger partial charge in [-0.2, -0.15) is 0 Å². The van der Waals surface area contributed by atoms with Crippen LogP contribution in [0.5, 0.6) is 0 Å². The summed E-state index contributed by atoms with van der Waals surface area (Å²) in [6.07, 6.45) is 4.82. The molecule has 1 saturated heterocycles. The Hall–Kier alpha value is -1.74. The number of carbonyl (C=O) groups excluding carboxylic acids is 2. The molecule has 2 amide bonds. The van der Waals surface area contributed by atoms with Gasteiger partial charge in [-0.05, 0) is 27.7 Å². The Bertz CT molecular complexity index is 415. The highest BCUT2D eigenvalue weighted by Crippen LogP contribution is 2.13. The Labute approximate surface area is 126 Å². The maximum atomic E-state index is 11.9. The van der Waals surface area contributed by atoms with Crippen molar-refractivity contribution in [3.05, 3.63) is 0 Å². The van der Waals surface area contributed by atoms with Gasteiger partial charge >= 0.3 is 6.09 Å². The predicted octanol–water partition coefficient (Wildman–Crippen LogP) is 0.677. The van der Waals surface area contributed by atoms with Crippen molar-refractivity contribution in [3.8, 4) is 12.3 Å². The second-order valence-electron chi connectivity index (χ2n) is 6.10. The lowest BCUT2D eigenvalue weighted by molar-refractivity contribution is -0.126. The molecule has 6 nitrogen and oxygen atoms in total. The van der Waals surface area contributed by atoms with Gasteiger partial charge in [-0.25, -0.2) is 4.79 Å². The highest BCUT2D eigenvalue weighted by molar-refractivity contribution is 5.81. The summed E-state index contributed by atoms with van der Waals surface area (Å²) in [6, 6.07) is -0.251. The van der Waals surface area contributed by atoms with Crippen molar-refractivity contribution in [2.75, 3.05) is 32.7 Å². The Kier molecular flexibility index (Phi) is 6.03. The number of amides is 2. The van der Waals surface area contributed by atoms with Crippen molar-refractivity contribution in [3.63, 3.8) is 0 Å². The molecule has 0 aliphatic carbocycles. The highest BCUT2D eigenvalue weighted by atomic mass is 16.6. The standard InChI is InChI=1S/C15H25N3O3/c1-6-7-16-13(19)12(2)17-8-10-18(11-9-17)14(20)21-15(3,4)5/h1,12H,7-11H2,2-5H3,(H,16,19). The van der Waals surface area contributed by atoms with Crippen molar-refractivity contribution >= 4 is 12.0 Å². The summed E-state index contributed by atoms with van der Waals surface area (Å²) in [5.74, 6) is 2.30. The first-order valence-corrected chi connectivity index (χ1v) is 7.18. The minimum Gasteiger partial charge on any atom is -0.444 e. The van der Waals surface area contributed by atoms with Crippen LogP contribution in [-0.2, 0) is 9.53 Å². The van der Waals surface area contributed by atoms with E-state index in [9.17, 15) is 9.59 Å². The molecule has 0 aromatic rings. The Morgan fingerprint density at radius 2 is 1.86 bits per heavy atom. The van der Waals surface area contributed by atoms with Gasteiger partial charge in [-0.1, -0.05) is 5.92 Å². The molecule has 1 heterocycles. The number of nitrogens with zero attached hydrogens (tertiary/aromatic N) is 2. The van der Waals surface area contributed by atoms with Gasteiger partial charge < -0.3 is 15.0 Å². The number of hydrogen-bond donors (Lipinski definition) is 1. The van der Waals surface area contributed by atoms with Gasteiger partial charge in [0.05, 0.1) is 12.6 Å². The van der Waals surface area contributed by atoms with E-state index in [-0.39, 0.29) is 24.6 Å². The normalized spacial score (nSPS) is 17.8. The first-order valence-electron chi connectivity index (χ1n) is 7.18. The summed E-state index contributed by atoms with van der Waals surface area (Å²) in [5, 5.41) is 2.67. The summed E-state index contributed by atoms with van der Waals surface area (Å²) in [7, 11) is 0. The molecule has 21 heavy (non-hydrogen) atoms. The molecular formula is C15H25N3O3. The molecule has 0 bridgehead atoms. The Morgan fingerprint density at radius 1 is 1.29 bits per heavy atom. The van der Waals surface area contributed by atoms with Gasteiger partial charge in [-0.15, -0.1) is 6.42 Å². The van der Waals surface area contributed by atoms with Crippen molar-refractivity contribution in [2.45, 2.75) is 39.3 Å². The van der Waals surface area contributed by atoms with E-state index in [0.29, 0.717) is 26.2 Å². The number of piperazine rings is 1. The third kappa shape index (κ3) is 5.64. The Morgan fingerprint density at radius 3 is 2.33 bits per heavy atom. The molecule has 0 aromatic heterocycles. The number of terminal acetylenes is 1. The fourth-order valence-corrected chi connectivity index (χ4v) is 2.07. The molecule has 1 rings (SSSR count). The van der Waals surface area contributed by atoms with Gasteiger partial charge in [-0.3, -0.25) is 9.69 Å². The zero-order valence-corrected chi connectivity index (χ0v) is 13.3. The van der Waals surface area contributed by atoms with Crippen LogP contribution in [-0.4, -0.2) is 66.2 Å². The number of nitrogens with one attached hydrogen (secondary N) is 1. The summed E-state index contributed by atoms with van der Waals surface area (Å²) >= 11 is 0. The molecule has 1 atom stereocenters. The van der Waals surface area contributed by atoms with E-state index in [2.05, 4.69) is 11.2 Å². The third-order valence-corrected chi connectivity index (χ3v) is 3.26. The number of ether oxygens (including phenoxy) is 1. The summed E-state index contributed by atoms with van der Waals surface area (Å²) in [6.45, 7) is 10.0. The van der Waals surface area contributed by atoms with Gasteiger partial charge in [0.2, 0.25) is 5.91 Å². The predicted molar refractivity (Wildman–Crippen MR) is 80.7 cm³/mol. The quantitative estimate of drug-likeness (QED) is 0.778. The van der Waals surface area contributed by atoms with Crippen LogP contribution in [0, 0.1) is 12.3 Å². The van der Waals surface area contributed by atoms with Gasteiger partial charge in [0.1, 0.15) is 5.60 Å². The van der Waals surface area contributed by atoms with E-state index in [1.165, 1.54) is 0 Å². The van der Waals surface area contributed by atoms with Crippen molar-refractivity contribution in [2.24, 2.45) is 0 Å². The fraction of sp³-hybridized carbons (Fsp3) is 0.733. The second-order valence-corrected chi connectivity index (χ2v) is 6.10. The van der Waals surface area contributed by atoms with Crippen LogP contribution in [0.2, 0.25) is 0 Å². The van der Waals surface area contributed by atoms with E-state index in [1.54, 1.807) is 4.90 Å². The number of rotatable bonds is 3. The van der Waals surface area contributed by atoms with Crippen LogP contribution in [0.1, 0.15) is 27.7 Å².